The van der Waals surface area contributed by atoms with Crippen molar-refractivity contribution in [2.24, 2.45) is 0 Å². The van der Waals surface area contributed by atoms with Gasteiger partial charge < -0.3 is 9.47 Å². The fraction of sp³-hybridized carbons (Fsp3) is 0.238. The molecule has 1 amide bonds. The van der Waals surface area contributed by atoms with Gasteiger partial charge in [-0.25, -0.2) is 17.8 Å². The zero-order chi connectivity index (χ0) is 22.9. The summed E-state index contributed by atoms with van der Waals surface area (Å²) in [5, 5.41) is 2.99. The lowest BCUT2D eigenvalue weighted by Crippen LogP contribution is -2.35. The van der Waals surface area contributed by atoms with E-state index in [9.17, 15) is 17.6 Å². The van der Waals surface area contributed by atoms with E-state index in [0.717, 1.165) is 16.6 Å². The number of carbonyl (C=O) groups excluding carboxylic acids is 1. The molecule has 2 heterocycles. The minimum atomic E-state index is -3.71. The van der Waals surface area contributed by atoms with Crippen molar-refractivity contribution in [1.82, 2.24) is 9.29 Å². The van der Waals surface area contributed by atoms with Gasteiger partial charge in [-0.1, -0.05) is 6.07 Å². The molecule has 4 rings (SSSR count). The van der Waals surface area contributed by atoms with E-state index in [1.54, 1.807) is 12.1 Å². The summed E-state index contributed by atoms with van der Waals surface area (Å²) in [5.41, 5.74) is 0.863. The monoisotopic (exact) mass is 477 g/mol. The van der Waals surface area contributed by atoms with Crippen molar-refractivity contribution in [3.8, 4) is 11.5 Å². The molecule has 0 saturated carbocycles. The number of benzene rings is 2. The Labute approximate surface area is 188 Å². The number of ether oxygens (including phenoxy) is 2. The Hall–Kier alpha value is -3.02. The predicted molar refractivity (Wildman–Crippen MR) is 117 cm³/mol. The maximum Gasteiger partial charge on any atom is 0.257 e. The summed E-state index contributed by atoms with van der Waals surface area (Å²) < 4.78 is 51.4. The molecule has 1 aliphatic heterocycles. The summed E-state index contributed by atoms with van der Waals surface area (Å²) in [6.45, 7) is 0.424. The van der Waals surface area contributed by atoms with Crippen LogP contribution in [0.3, 0.4) is 0 Å². The molecule has 0 radical (unpaired) electrons. The SMILES string of the molecule is COc1cccc(S(=O)(=O)N2CCc3nc(NC(=O)c4ccc(OC)c(F)c4)sc3C2)c1. The number of nitrogens with zero attached hydrogens (tertiary/aromatic N) is 2. The van der Waals surface area contributed by atoms with Gasteiger partial charge in [0.05, 0.1) is 31.4 Å². The number of nitrogens with one attached hydrogen (secondary N) is 1. The molecule has 0 bridgehead atoms. The molecule has 0 atom stereocenters. The van der Waals surface area contributed by atoms with E-state index < -0.39 is 21.7 Å². The molecule has 0 fully saturated rings. The summed E-state index contributed by atoms with van der Waals surface area (Å²) in [6.07, 6.45) is 0.419. The number of carbonyl (C=O) groups is 1. The van der Waals surface area contributed by atoms with Gasteiger partial charge in [0.15, 0.2) is 16.7 Å². The van der Waals surface area contributed by atoms with E-state index in [1.807, 2.05) is 0 Å². The van der Waals surface area contributed by atoms with Crippen LogP contribution in [-0.4, -0.2) is 44.4 Å². The van der Waals surface area contributed by atoms with Crippen molar-refractivity contribution < 1.29 is 27.1 Å². The summed E-state index contributed by atoms with van der Waals surface area (Å²) >= 11 is 1.20. The second-order valence-electron chi connectivity index (χ2n) is 6.96. The molecule has 0 unspecified atom stereocenters. The number of aromatic nitrogens is 1. The zero-order valence-electron chi connectivity index (χ0n) is 17.3. The third-order valence-electron chi connectivity index (χ3n) is 5.01. The summed E-state index contributed by atoms with van der Waals surface area (Å²) in [7, 11) is -0.892. The number of hydrogen-bond acceptors (Lipinski definition) is 7. The normalized spacial score (nSPS) is 14.0. The number of amides is 1. The molecule has 32 heavy (non-hydrogen) atoms. The van der Waals surface area contributed by atoms with E-state index in [1.165, 1.54) is 54.1 Å². The average Bonchev–Trinajstić information content (AvgIpc) is 3.20. The Kier molecular flexibility index (Phi) is 6.13. The fourth-order valence-electron chi connectivity index (χ4n) is 3.32. The van der Waals surface area contributed by atoms with Gasteiger partial charge in [-0.2, -0.15) is 4.31 Å². The Morgan fingerprint density at radius 2 is 2.00 bits per heavy atom. The first-order chi connectivity index (χ1) is 15.3. The molecule has 0 saturated heterocycles. The van der Waals surface area contributed by atoms with Crippen LogP contribution in [0.5, 0.6) is 11.5 Å². The highest BCUT2D eigenvalue weighted by molar-refractivity contribution is 7.89. The van der Waals surface area contributed by atoms with Crippen LogP contribution >= 0.6 is 11.3 Å². The summed E-state index contributed by atoms with van der Waals surface area (Å²) in [4.78, 5) is 17.8. The maximum atomic E-state index is 13.9. The van der Waals surface area contributed by atoms with Gasteiger partial charge in [-0.15, -0.1) is 11.3 Å². The average molecular weight is 478 g/mol. The molecule has 0 spiro atoms. The predicted octanol–water partition coefficient (Wildman–Crippen LogP) is 3.30. The molecule has 1 aliphatic rings. The van der Waals surface area contributed by atoms with Gasteiger partial charge in [0.25, 0.3) is 5.91 Å². The lowest BCUT2D eigenvalue weighted by Gasteiger charge is -2.25. The quantitative estimate of drug-likeness (QED) is 0.585. The number of anilines is 1. The van der Waals surface area contributed by atoms with Crippen LogP contribution in [0.2, 0.25) is 0 Å². The molecular formula is C21H20FN3O5S2. The third-order valence-corrected chi connectivity index (χ3v) is 7.85. The summed E-state index contributed by atoms with van der Waals surface area (Å²) in [5.74, 6) is -0.652. The minimum Gasteiger partial charge on any atom is -0.497 e. The fourth-order valence-corrected chi connectivity index (χ4v) is 5.86. The number of halogens is 1. The van der Waals surface area contributed by atoms with Crippen LogP contribution in [0.4, 0.5) is 9.52 Å². The molecule has 168 valence electrons. The second-order valence-corrected chi connectivity index (χ2v) is 9.98. The second kappa shape index (κ2) is 8.85. The topological polar surface area (TPSA) is 97.8 Å². The first kappa shape index (κ1) is 22.2. The number of fused-ring (bicyclic) bond motifs is 1. The summed E-state index contributed by atoms with van der Waals surface area (Å²) in [6, 6.07) is 10.2. The number of rotatable bonds is 6. The Balaban J connectivity index is 1.50. The van der Waals surface area contributed by atoms with Gasteiger partial charge in [0.2, 0.25) is 10.0 Å². The van der Waals surface area contributed by atoms with Gasteiger partial charge in [0, 0.05) is 29.5 Å². The molecular weight excluding hydrogens is 457 g/mol. The van der Waals surface area contributed by atoms with Crippen LogP contribution in [-0.2, 0) is 23.0 Å². The van der Waals surface area contributed by atoms with Crippen molar-refractivity contribution in [3.63, 3.8) is 0 Å². The molecule has 8 nitrogen and oxygen atoms in total. The van der Waals surface area contributed by atoms with Crippen LogP contribution in [0.15, 0.2) is 47.4 Å². The van der Waals surface area contributed by atoms with Gasteiger partial charge in [-0.3, -0.25) is 10.1 Å². The molecule has 0 aliphatic carbocycles. The highest BCUT2D eigenvalue weighted by Gasteiger charge is 2.31. The first-order valence-electron chi connectivity index (χ1n) is 9.59. The highest BCUT2D eigenvalue weighted by atomic mass is 32.2. The van der Waals surface area contributed by atoms with Gasteiger partial charge in [0.1, 0.15) is 5.75 Å². The van der Waals surface area contributed by atoms with Crippen molar-refractivity contribution in [1.29, 1.82) is 0 Å². The van der Waals surface area contributed by atoms with Crippen molar-refractivity contribution >= 4 is 32.4 Å². The number of hydrogen-bond donors (Lipinski definition) is 1. The molecule has 3 aromatic rings. The van der Waals surface area contributed by atoms with Gasteiger partial charge >= 0.3 is 0 Å². The van der Waals surface area contributed by atoms with Gasteiger partial charge in [-0.05, 0) is 30.3 Å². The smallest absolute Gasteiger partial charge is 0.257 e. The lowest BCUT2D eigenvalue weighted by molar-refractivity contribution is 0.102. The van der Waals surface area contributed by atoms with E-state index in [-0.39, 0.29) is 29.3 Å². The van der Waals surface area contributed by atoms with Crippen LogP contribution < -0.4 is 14.8 Å². The van der Waals surface area contributed by atoms with Crippen molar-refractivity contribution in [2.45, 2.75) is 17.9 Å². The van der Waals surface area contributed by atoms with Crippen LogP contribution in [0, 0.1) is 5.82 Å². The van der Waals surface area contributed by atoms with Crippen LogP contribution in [0.1, 0.15) is 20.9 Å². The standard InChI is InChI=1S/C21H20FN3O5S2/c1-29-14-4-3-5-15(11-14)32(27,28)25-9-8-17-19(12-25)31-21(23-17)24-20(26)13-6-7-18(30-2)16(22)10-13/h3-7,10-11H,8-9,12H2,1-2H3,(H,23,24,26). The minimum absolute atomic E-state index is 0.0450. The van der Waals surface area contributed by atoms with Crippen molar-refractivity contribution in [3.05, 3.63) is 64.4 Å². The Morgan fingerprint density at radius 3 is 2.72 bits per heavy atom. The van der Waals surface area contributed by atoms with E-state index in [2.05, 4.69) is 10.3 Å². The number of methoxy groups -OCH3 is 2. The zero-order valence-corrected chi connectivity index (χ0v) is 18.9. The lowest BCUT2D eigenvalue weighted by atomic mass is 10.2. The Morgan fingerprint density at radius 1 is 1.19 bits per heavy atom. The molecule has 1 N–H and O–H groups in total. The highest BCUT2D eigenvalue weighted by Crippen LogP contribution is 2.32. The van der Waals surface area contributed by atoms with E-state index >= 15 is 0 Å². The van der Waals surface area contributed by atoms with E-state index in [0.29, 0.717) is 17.3 Å². The largest absolute Gasteiger partial charge is 0.497 e. The number of thiazole rings is 1. The number of sulfonamides is 1. The maximum absolute atomic E-state index is 13.9. The molecule has 1 aromatic heterocycles. The molecule has 11 heteroatoms. The first-order valence-corrected chi connectivity index (χ1v) is 11.8. The Bertz CT molecular complexity index is 1280. The molecule has 2 aromatic carbocycles. The van der Waals surface area contributed by atoms with E-state index in [4.69, 9.17) is 9.47 Å². The third kappa shape index (κ3) is 4.31. The van der Waals surface area contributed by atoms with Crippen molar-refractivity contribution in [2.75, 3.05) is 26.1 Å². The van der Waals surface area contributed by atoms with Crippen LogP contribution in [0.25, 0.3) is 0 Å².